The van der Waals surface area contributed by atoms with Crippen molar-refractivity contribution in [3.8, 4) is 0 Å². The van der Waals surface area contributed by atoms with Crippen molar-refractivity contribution in [3.05, 3.63) is 71.3 Å². The van der Waals surface area contributed by atoms with Crippen LogP contribution in [0.15, 0.2) is 48.5 Å². The van der Waals surface area contributed by atoms with Gasteiger partial charge in [0.25, 0.3) is 0 Å². The second-order valence-electron chi connectivity index (χ2n) is 7.09. The number of ether oxygens (including phenoxy) is 1. The number of unbranched alkanes of at least 4 members (excludes halogenated alkanes) is 1. The summed E-state index contributed by atoms with van der Waals surface area (Å²) in [5, 5.41) is 11.2. The lowest BCUT2D eigenvalue weighted by Gasteiger charge is -2.21. The van der Waals surface area contributed by atoms with Crippen LogP contribution in [0.4, 0.5) is 8.78 Å². The average Bonchev–Trinajstić information content (AvgIpc) is 2.74. The van der Waals surface area contributed by atoms with Crippen molar-refractivity contribution in [2.75, 3.05) is 13.7 Å². The molecular formula is C22H29F2N2O3+. The van der Waals surface area contributed by atoms with Gasteiger partial charge in [-0.15, -0.1) is 0 Å². The minimum atomic E-state index is -0.440. The molecule has 0 aliphatic heterocycles. The van der Waals surface area contributed by atoms with E-state index in [0.717, 1.165) is 37.1 Å². The molecule has 29 heavy (non-hydrogen) atoms. The molecule has 5 nitrogen and oxygen atoms in total. The maximum absolute atomic E-state index is 13.1. The monoisotopic (exact) mass is 407 g/mol. The summed E-state index contributed by atoms with van der Waals surface area (Å²) in [5.41, 5.74) is 3.59. The minimum absolute atomic E-state index is 0.239. The summed E-state index contributed by atoms with van der Waals surface area (Å²) >= 11 is 0. The normalized spacial score (nSPS) is 13.1. The lowest BCUT2D eigenvalue weighted by atomic mass is 9.91. The van der Waals surface area contributed by atoms with Crippen LogP contribution in [0.2, 0.25) is 0 Å². The summed E-state index contributed by atoms with van der Waals surface area (Å²) in [6, 6.07) is 12.5. The average molecular weight is 407 g/mol. The van der Waals surface area contributed by atoms with Crippen LogP contribution in [-0.4, -0.2) is 24.8 Å². The van der Waals surface area contributed by atoms with Gasteiger partial charge in [-0.05, 0) is 55.5 Å². The van der Waals surface area contributed by atoms with Gasteiger partial charge in [-0.2, -0.15) is 0 Å². The molecule has 2 rings (SSSR count). The molecule has 2 aromatic carbocycles. The van der Waals surface area contributed by atoms with Crippen molar-refractivity contribution in [1.29, 1.82) is 0 Å². The van der Waals surface area contributed by atoms with Gasteiger partial charge in [0.1, 0.15) is 18.2 Å². The van der Waals surface area contributed by atoms with Gasteiger partial charge < -0.3 is 10.1 Å². The molecule has 2 aromatic rings. The van der Waals surface area contributed by atoms with Gasteiger partial charge >= 0.3 is 0 Å². The maximum Gasteiger partial charge on any atom is 0.246 e. The largest absolute Gasteiger partial charge is 0.377 e. The number of hydrogen-bond donors (Lipinski definition) is 3. The van der Waals surface area contributed by atoms with Gasteiger partial charge in [0.15, 0.2) is 0 Å². The fourth-order valence-electron chi connectivity index (χ4n) is 3.32. The first kappa shape index (κ1) is 22.9. The Labute approximate surface area is 170 Å². The SMILES string of the molecule is CO[C@H](C[C@H](CCCC[NH2+]Cc1ccc(F)cc1)C(=O)NO)c1ccc(F)cc1. The minimum Gasteiger partial charge on any atom is -0.377 e. The number of rotatable bonds is 12. The molecule has 0 bridgehead atoms. The third-order valence-electron chi connectivity index (χ3n) is 5.01. The predicted molar refractivity (Wildman–Crippen MR) is 105 cm³/mol. The Kier molecular flexibility index (Phi) is 9.70. The zero-order valence-electron chi connectivity index (χ0n) is 16.6. The lowest BCUT2D eigenvalue weighted by molar-refractivity contribution is -0.671. The second kappa shape index (κ2) is 12.3. The fourth-order valence-corrected chi connectivity index (χ4v) is 3.32. The van der Waals surface area contributed by atoms with Crippen molar-refractivity contribution >= 4 is 5.91 Å². The summed E-state index contributed by atoms with van der Waals surface area (Å²) in [6.07, 6.45) is 2.37. The highest BCUT2D eigenvalue weighted by molar-refractivity contribution is 5.77. The molecule has 0 saturated carbocycles. The Morgan fingerprint density at radius 1 is 1.07 bits per heavy atom. The van der Waals surface area contributed by atoms with E-state index in [-0.39, 0.29) is 17.7 Å². The highest BCUT2D eigenvalue weighted by atomic mass is 19.1. The highest BCUT2D eigenvalue weighted by Gasteiger charge is 2.23. The molecule has 158 valence electrons. The van der Waals surface area contributed by atoms with Crippen LogP contribution in [0, 0.1) is 17.6 Å². The molecule has 0 unspecified atom stereocenters. The molecule has 7 heteroatoms. The third-order valence-corrected chi connectivity index (χ3v) is 5.01. The van der Waals surface area contributed by atoms with Crippen molar-refractivity contribution in [3.63, 3.8) is 0 Å². The molecule has 0 aliphatic carbocycles. The number of carbonyl (C=O) groups is 1. The Hall–Kier alpha value is -2.35. The maximum atomic E-state index is 13.1. The number of benzene rings is 2. The van der Waals surface area contributed by atoms with Crippen molar-refractivity contribution in [2.45, 2.75) is 38.3 Å². The van der Waals surface area contributed by atoms with E-state index in [0.29, 0.717) is 12.8 Å². The number of nitrogens with one attached hydrogen (secondary N) is 1. The van der Waals surface area contributed by atoms with Crippen LogP contribution >= 0.6 is 0 Å². The number of methoxy groups -OCH3 is 1. The summed E-state index contributed by atoms with van der Waals surface area (Å²) in [6.45, 7) is 1.66. The number of carbonyl (C=O) groups excluding carboxylic acids is 1. The molecule has 0 heterocycles. The number of halogens is 2. The zero-order chi connectivity index (χ0) is 21.1. The van der Waals surface area contributed by atoms with Gasteiger partial charge in [0.05, 0.1) is 12.6 Å². The van der Waals surface area contributed by atoms with Gasteiger partial charge in [-0.3, -0.25) is 10.0 Å². The number of nitrogens with two attached hydrogens (primary N) is 1. The molecule has 0 saturated heterocycles. The first-order valence-electron chi connectivity index (χ1n) is 9.81. The van der Waals surface area contributed by atoms with E-state index in [1.54, 1.807) is 36.9 Å². The summed E-state index contributed by atoms with van der Waals surface area (Å²) < 4.78 is 31.5. The van der Waals surface area contributed by atoms with Crippen molar-refractivity contribution < 1.29 is 28.8 Å². The lowest BCUT2D eigenvalue weighted by Crippen LogP contribution is -2.82. The van der Waals surface area contributed by atoms with Crippen LogP contribution < -0.4 is 10.8 Å². The van der Waals surface area contributed by atoms with E-state index in [1.807, 2.05) is 0 Å². The van der Waals surface area contributed by atoms with E-state index in [4.69, 9.17) is 9.94 Å². The van der Waals surface area contributed by atoms with Crippen molar-refractivity contribution in [1.82, 2.24) is 5.48 Å². The fraction of sp³-hybridized carbons (Fsp3) is 0.409. The quantitative estimate of drug-likeness (QED) is 0.288. The smallest absolute Gasteiger partial charge is 0.246 e. The Morgan fingerprint density at radius 3 is 2.28 bits per heavy atom. The Morgan fingerprint density at radius 2 is 1.69 bits per heavy atom. The van der Waals surface area contributed by atoms with E-state index in [9.17, 15) is 13.6 Å². The van der Waals surface area contributed by atoms with Gasteiger partial charge in [-0.1, -0.05) is 24.3 Å². The van der Waals surface area contributed by atoms with E-state index < -0.39 is 11.8 Å². The molecule has 4 N–H and O–H groups in total. The molecule has 0 aliphatic rings. The zero-order valence-corrected chi connectivity index (χ0v) is 16.6. The number of hydroxylamine groups is 1. The molecule has 2 atom stereocenters. The first-order chi connectivity index (χ1) is 14.0. The first-order valence-corrected chi connectivity index (χ1v) is 9.81. The number of amides is 1. The molecule has 0 fully saturated rings. The van der Waals surface area contributed by atoms with Crippen LogP contribution in [0.3, 0.4) is 0 Å². The van der Waals surface area contributed by atoms with Gasteiger partial charge in [-0.25, -0.2) is 14.3 Å². The molecular weight excluding hydrogens is 378 g/mol. The van der Waals surface area contributed by atoms with E-state index in [2.05, 4.69) is 5.32 Å². The van der Waals surface area contributed by atoms with Crippen LogP contribution in [0.5, 0.6) is 0 Å². The molecule has 0 radical (unpaired) electrons. The summed E-state index contributed by atoms with van der Waals surface area (Å²) in [4.78, 5) is 12.1. The van der Waals surface area contributed by atoms with Crippen molar-refractivity contribution in [2.24, 2.45) is 5.92 Å². The van der Waals surface area contributed by atoms with Crippen LogP contribution in [0.1, 0.15) is 42.9 Å². The summed E-state index contributed by atoms with van der Waals surface area (Å²) in [7, 11) is 1.55. The molecule has 0 spiro atoms. The number of quaternary nitrogens is 1. The standard InChI is InChI=1S/C22H28F2N2O3/c1-29-21(17-7-11-20(24)12-8-17)14-18(22(27)26-28)4-2-3-13-25-15-16-5-9-19(23)10-6-16/h5-12,18,21,25,28H,2-4,13-15H2,1H3,(H,26,27)/p+1/t18-,21+/m0/s1. The second-order valence-corrected chi connectivity index (χ2v) is 7.09. The van der Waals surface area contributed by atoms with Gasteiger partial charge in [0, 0.05) is 18.6 Å². The van der Waals surface area contributed by atoms with Gasteiger partial charge in [0.2, 0.25) is 5.91 Å². The number of hydrogen-bond acceptors (Lipinski definition) is 3. The van der Waals surface area contributed by atoms with Crippen LogP contribution in [0.25, 0.3) is 0 Å². The Balaban J connectivity index is 1.78. The third kappa shape index (κ3) is 7.89. The summed E-state index contributed by atoms with van der Waals surface area (Å²) in [5.74, 6) is -1.42. The highest BCUT2D eigenvalue weighted by Crippen LogP contribution is 2.27. The van der Waals surface area contributed by atoms with E-state index >= 15 is 0 Å². The molecule has 0 aromatic heterocycles. The van der Waals surface area contributed by atoms with Crippen LogP contribution in [-0.2, 0) is 16.1 Å². The Bertz CT molecular complexity index is 739. The predicted octanol–water partition coefficient (Wildman–Crippen LogP) is 3.10. The van der Waals surface area contributed by atoms with E-state index in [1.165, 1.54) is 24.3 Å². The molecule has 1 amide bonds. The topological polar surface area (TPSA) is 75.2 Å².